The highest BCUT2D eigenvalue weighted by Crippen LogP contribution is 2.32. The number of Topliss-reactive ketones (excluding diaryl/α,β-unsaturated/α-hetero) is 1. The molecule has 0 atom stereocenters. The van der Waals surface area contributed by atoms with Gasteiger partial charge in [0.1, 0.15) is 5.82 Å². The molecule has 0 aliphatic heterocycles. The van der Waals surface area contributed by atoms with Crippen LogP contribution in [0.5, 0.6) is 0 Å². The first-order valence-corrected chi connectivity index (χ1v) is 8.77. The molecule has 4 heteroatoms. The zero-order chi connectivity index (χ0) is 17.1. The van der Waals surface area contributed by atoms with Crippen molar-refractivity contribution in [2.24, 2.45) is 0 Å². The Bertz CT molecular complexity index is 729. The van der Waals surface area contributed by atoms with Crippen LogP contribution in [0.4, 0.5) is 10.1 Å². The second kappa shape index (κ2) is 7.20. The molecule has 1 saturated carbocycles. The fourth-order valence-corrected chi connectivity index (χ4v) is 3.84. The van der Waals surface area contributed by atoms with Gasteiger partial charge in [0.2, 0.25) is 0 Å². The Kier molecular flexibility index (Phi) is 5.03. The van der Waals surface area contributed by atoms with Crippen molar-refractivity contribution in [1.29, 1.82) is 0 Å². The van der Waals surface area contributed by atoms with Gasteiger partial charge in [0, 0.05) is 28.7 Å². The van der Waals surface area contributed by atoms with E-state index in [2.05, 4.69) is 16.8 Å². The summed E-state index contributed by atoms with van der Waals surface area (Å²) >= 11 is 0. The minimum Gasteiger partial charge on any atom is -0.377 e. The number of benzene rings is 1. The molecule has 3 rings (SSSR count). The summed E-state index contributed by atoms with van der Waals surface area (Å²) in [5.74, 6) is -0.252. The number of aryl methyl sites for hydroxylation is 1. The van der Waals surface area contributed by atoms with Gasteiger partial charge in [0.15, 0.2) is 5.78 Å². The number of anilines is 1. The average Bonchev–Trinajstić information content (AvgIpc) is 2.88. The Morgan fingerprint density at radius 2 is 1.96 bits per heavy atom. The van der Waals surface area contributed by atoms with Gasteiger partial charge in [-0.25, -0.2) is 4.39 Å². The summed E-state index contributed by atoms with van der Waals surface area (Å²) in [5, 5.41) is 3.02. The third-order valence-corrected chi connectivity index (χ3v) is 5.00. The van der Waals surface area contributed by atoms with Gasteiger partial charge in [-0.1, -0.05) is 25.3 Å². The second-order valence-electron chi connectivity index (χ2n) is 6.73. The van der Waals surface area contributed by atoms with Gasteiger partial charge in [-0.05, 0) is 51.0 Å². The van der Waals surface area contributed by atoms with Gasteiger partial charge in [0.05, 0.1) is 6.54 Å². The van der Waals surface area contributed by atoms with Crippen LogP contribution in [0.1, 0.15) is 59.9 Å². The molecule has 24 heavy (non-hydrogen) atoms. The SMILES string of the molecule is Cc1cc(C(=O)CNc2cccc(F)c2)c(C)n1C1CCCCC1. The molecule has 0 unspecified atom stereocenters. The van der Waals surface area contributed by atoms with E-state index < -0.39 is 0 Å². The maximum Gasteiger partial charge on any atom is 0.183 e. The van der Waals surface area contributed by atoms with Crippen LogP contribution < -0.4 is 5.32 Å². The summed E-state index contributed by atoms with van der Waals surface area (Å²) in [4.78, 5) is 12.6. The van der Waals surface area contributed by atoms with Gasteiger partial charge in [-0.15, -0.1) is 0 Å². The molecule has 1 aliphatic carbocycles. The van der Waals surface area contributed by atoms with Crippen LogP contribution in [0.2, 0.25) is 0 Å². The number of ketones is 1. The van der Waals surface area contributed by atoms with Crippen LogP contribution in [0.25, 0.3) is 0 Å². The fraction of sp³-hybridized carbons (Fsp3) is 0.450. The van der Waals surface area contributed by atoms with Crippen molar-refractivity contribution in [2.45, 2.75) is 52.0 Å². The number of carbonyl (C=O) groups is 1. The number of hydrogen-bond acceptors (Lipinski definition) is 2. The van der Waals surface area contributed by atoms with Crippen molar-refractivity contribution in [2.75, 3.05) is 11.9 Å². The van der Waals surface area contributed by atoms with Gasteiger partial charge in [-0.3, -0.25) is 4.79 Å². The largest absolute Gasteiger partial charge is 0.377 e. The first-order chi connectivity index (χ1) is 11.6. The molecule has 2 aromatic rings. The second-order valence-corrected chi connectivity index (χ2v) is 6.73. The summed E-state index contributed by atoms with van der Waals surface area (Å²) in [6.07, 6.45) is 6.26. The highest BCUT2D eigenvalue weighted by Gasteiger charge is 2.22. The van der Waals surface area contributed by atoms with Crippen LogP contribution >= 0.6 is 0 Å². The quantitative estimate of drug-likeness (QED) is 0.780. The lowest BCUT2D eigenvalue weighted by Crippen LogP contribution is -2.17. The number of nitrogens with zero attached hydrogens (tertiary/aromatic N) is 1. The Labute approximate surface area is 142 Å². The molecule has 0 saturated heterocycles. The summed E-state index contributed by atoms with van der Waals surface area (Å²) < 4.78 is 15.6. The smallest absolute Gasteiger partial charge is 0.183 e. The van der Waals surface area contributed by atoms with E-state index in [-0.39, 0.29) is 18.1 Å². The molecule has 1 N–H and O–H groups in total. The number of nitrogens with one attached hydrogen (secondary N) is 1. The standard InChI is InChI=1S/C20H25FN2O/c1-14-11-19(15(2)23(14)18-9-4-3-5-10-18)20(24)13-22-17-8-6-7-16(21)12-17/h6-8,11-12,18,22H,3-5,9-10,13H2,1-2H3. The van der Waals surface area contributed by atoms with Crippen molar-refractivity contribution >= 4 is 11.5 Å². The van der Waals surface area contributed by atoms with Crippen molar-refractivity contribution in [3.05, 3.63) is 53.1 Å². The van der Waals surface area contributed by atoms with Gasteiger partial charge < -0.3 is 9.88 Å². The lowest BCUT2D eigenvalue weighted by atomic mass is 9.95. The van der Waals surface area contributed by atoms with Crippen LogP contribution in [-0.4, -0.2) is 16.9 Å². The van der Waals surface area contributed by atoms with Crippen molar-refractivity contribution in [1.82, 2.24) is 4.57 Å². The lowest BCUT2D eigenvalue weighted by molar-refractivity contribution is 0.100. The van der Waals surface area contributed by atoms with Crippen molar-refractivity contribution in [3.63, 3.8) is 0 Å². The fourth-order valence-electron chi connectivity index (χ4n) is 3.84. The van der Waals surface area contributed by atoms with Gasteiger partial charge in [0.25, 0.3) is 0 Å². The van der Waals surface area contributed by atoms with E-state index in [1.165, 1.54) is 44.2 Å². The molecular formula is C20H25FN2O. The Morgan fingerprint density at radius 1 is 1.21 bits per heavy atom. The molecular weight excluding hydrogens is 303 g/mol. The Hall–Kier alpha value is -2.10. The third kappa shape index (κ3) is 3.53. The molecule has 0 amide bonds. The number of aromatic nitrogens is 1. The molecule has 1 aliphatic rings. The number of halogens is 1. The average molecular weight is 328 g/mol. The first-order valence-electron chi connectivity index (χ1n) is 8.77. The van der Waals surface area contributed by atoms with Gasteiger partial charge in [-0.2, -0.15) is 0 Å². The first kappa shape index (κ1) is 16.7. The molecule has 1 aromatic carbocycles. The zero-order valence-electron chi connectivity index (χ0n) is 14.4. The van der Waals surface area contributed by atoms with Crippen LogP contribution in [0, 0.1) is 19.7 Å². The van der Waals surface area contributed by atoms with E-state index in [1.807, 2.05) is 13.0 Å². The maximum atomic E-state index is 13.2. The molecule has 1 fully saturated rings. The summed E-state index contributed by atoms with van der Waals surface area (Å²) in [6, 6.07) is 8.72. The summed E-state index contributed by atoms with van der Waals surface area (Å²) in [7, 11) is 0. The normalized spacial score (nSPS) is 15.5. The summed E-state index contributed by atoms with van der Waals surface area (Å²) in [6.45, 7) is 4.30. The third-order valence-electron chi connectivity index (χ3n) is 5.00. The minimum atomic E-state index is -0.303. The van der Waals surface area contributed by atoms with E-state index in [1.54, 1.807) is 12.1 Å². The van der Waals surface area contributed by atoms with Crippen LogP contribution in [-0.2, 0) is 0 Å². The highest BCUT2D eigenvalue weighted by atomic mass is 19.1. The molecule has 0 bridgehead atoms. The Morgan fingerprint density at radius 3 is 2.67 bits per heavy atom. The summed E-state index contributed by atoms with van der Waals surface area (Å²) in [5.41, 5.74) is 3.63. The number of rotatable bonds is 5. The highest BCUT2D eigenvalue weighted by molar-refractivity contribution is 6.00. The van der Waals surface area contributed by atoms with Crippen molar-refractivity contribution < 1.29 is 9.18 Å². The van der Waals surface area contributed by atoms with E-state index in [9.17, 15) is 9.18 Å². The molecule has 0 radical (unpaired) electrons. The lowest BCUT2D eigenvalue weighted by Gasteiger charge is -2.26. The topological polar surface area (TPSA) is 34.0 Å². The maximum absolute atomic E-state index is 13.2. The van der Waals surface area contributed by atoms with E-state index >= 15 is 0 Å². The minimum absolute atomic E-state index is 0.0504. The zero-order valence-corrected chi connectivity index (χ0v) is 14.4. The Balaban J connectivity index is 1.73. The van der Waals surface area contributed by atoms with Crippen molar-refractivity contribution in [3.8, 4) is 0 Å². The van der Waals surface area contributed by atoms with Gasteiger partial charge >= 0.3 is 0 Å². The molecule has 0 spiro atoms. The molecule has 128 valence electrons. The molecule has 1 aromatic heterocycles. The predicted molar refractivity (Wildman–Crippen MR) is 95.2 cm³/mol. The molecule has 1 heterocycles. The van der Waals surface area contributed by atoms with E-state index in [0.29, 0.717) is 11.7 Å². The number of carbonyl (C=O) groups excluding carboxylic acids is 1. The monoisotopic (exact) mass is 328 g/mol. The van der Waals surface area contributed by atoms with E-state index in [0.717, 1.165) is 17.0 Å². The number of hydrogen-bond donors (Lipinski definition) is 1. The van der Waals surface area contributed by atoms with Crippen LogP contribution in [0.3, 0.4) is 0 Å². The van der Waals surface area contributed by atoms with E-state index in [4.69, 9.17) is 0 Å². The predicted octanol–water partition coefficient (Wildman–Crippen LogP) is 5.04. The molecule has 3 nitrogen and oxygen atoms in total. The van der Waals surface area contributed by atoms with Crippen LogP contribution in [0.15, 0.2) is 30.3 Å².